The summed E-state index contributed by atoms with van der Waals surface area (Å²) in [5.41, 5.74) is 2.22. The molecule has 1 aromatic carbocycles. The number of amides is 1. The predicted molar refractivity (Wildman–Crippen MR) is 77.9 cm³/mol. The van der Waals surface area contributed by atoms with Crippen molar-refractivity contribution in [2.24, 2.45) is 0 Å². The topological polar surface area (TPSA) is 62.5 Å². The second-order valence-corrected chi connectivity index (χ2v) is 5.32. The summed E-state index contributed by atoms with van der Waals surface area (Å²) in [6.07, 6.45) is 0.214. The van der Waals surface area contributed by atoms with Crippen LogP contribution in [0.3, 0.4) is 0 Å². The number of anilines is 1. The molecule has 7 heteroatoms. The van der Waals surface area contributed by atoms with Crippen molar-refractivity contribution in [2.75, 3.05) is 31.1 Å². The summed E-state index contributed by atoms with van der Waals surface area (Å²) in [4.78, 5) is 16.2. The largest absolute Gasteiger partial charge is 0.368 e. The summed E-state index contributed by atoms with van der Waals surface area (Å²) in [5.74, 6) is -0.216. The fourth-order valence-electron chi connectivity index (χ4n) is 2.53. The lowest BCUT2D eigenvalue weighted by molar-refractivity contribution is -0.130. The Bertz CT molecular complexity index is 648. The maximum absolute atomic E-state index is 12.9. The predicted octanol–water partition coefficient (Wildman–Crippen LogP) is 1.41. The number of aryl methyl sites for hydroxylation is 1. The minimum Gasteiger partial charge on any atom is -0.368 e. The van der Waals surface area contributed by atoms with E-state index in [0.717, 1.165) is 18.8 Å². The molecular formula is C15H17FN4O2. The van der Waals surface area contributed by atoms with E-state index in [-0.39, 0.29) is 18.1 Å². The lowest BCUT2D eigenvalue weighted by Crippen LogP contribution is -2.49. The lowest BCUT2D eigenvalue weighted by Gasteiger charge is -2.36. The van der Waals surface area contributed by atoms with Crippen molar-refractivity contribution in [3.8, 4) is 0 Å². The fourth-order valence-corrected chi connectivity index (χ4v) is 2.53. The van der Waals surface area contributed by atoms with Crippen LogP contribution < -0.4 is 4.90 Å². The third-order valence-electron chi connectivity index (χ3n) is 3.89. The van der Waals surface area contributed by atoms with Gasteiger partial charge in [0.2, 0.25) is 5.91 Å². The van der Waals surface area contributed by atoms with E-state index in [1.54, 1.807) is 19.1 Å². The zero-order valence-electron chi connectivity index (χ0n) is 12.3. The molecule has 0 N–H and O–H groups in total. The number of aromatic nitrogens is 2. The Hall–Kier alpha value is -2.44. The molecule has 0 atom stereocenters. The van der Waals surface area contributed by atoms with E-state index in [9.17, 15) is 9.18 Å². The third kappa shape index (κ3) is 3.08. The maximum Gasteiger partial charge on any atom is 0.228 e. The molecule has 0 radical (unpaired) electrons. The zero-order chi connectivity index (χ0) is 15.5. The molecule has 0 unspecified atom stereocenters. The van der Waals surface area contributed by atoms with Crippen LogP contribution in [0.1, 0.15) is 11.4 Å². The van der Waals surface area contributed by atoms with Crippen LogP contribution in [-0.4, -0.2) is 47.3 Å². The highest BCUT2D eigenvalue weighted by Crippen LogP contribution is 2.17. The number of rotatable bonds is 3. The van der Waals surface area contributed by atoms with Gasteiger partial charge >= 0.3 is 0 Å². The molecule has 0 spiro atoms. The first-order valence-corrected chi connectivity index (χ1v) is 7.20. The molecule has 116 valence electrons. The van der Waals surface area contributed by atoms with Gasteiger partial charge < -0.3 is 9.80 Å². The quantitative estimate of drug-likeness (QED) is 0.858. The van der Waals surface area contributed by atoms with Crippen molar-refractivity contribution in [3.63, 3.8) is 0 Å². The SMILES string of the molecule is Cc1nonc1CC(=O)N1CCN(c2ccc(F)cc2)CC1. The van der Waals surface area contributed by atoms with Crippen LogP contribution in [0.4, 0.5) is 10.1 Å². The normalized spacial score (nSPS) is 15.2. The molecule has 1 amide bonds. The molecule has 0 saturated carbocycles. The minimum atomic E-state index is -0.242. The van der Waals surface area contributed by atoms with Crippen LogP contribution in [0.5, 0.6) is 0 Å². The second-order valence-electron chi connectivity index (χ2n) is 5.32. The molecule has 1 aliphatic rings. The Morgan fingerprint density at radius 1 is 1.18 bits per heavy atom. The number of carbonyl (C=O) groups is 1. The van der Waals surface area contributed by atoms with E-state index in [0.29, 0.717) is 24.5 Å². The Kier molecular flexibility index (Phi) is 4.04. The molecule has 0 aliphatic carbocycles. The molecule has 1 aliphatic heterocycles. The van der Waals surface area contributed by atoms with Crippen LogP contribution in [0, 0.1) is 12.7 Å². The number of nitrogens with zero attached hydrogens (tertiary/aromatic N) is 4. The van der Waals surface area contributed by atoms with Crippen LogP contribution in [0.2, 0.25) is 0 Å². The number of piperazine rings is 1. The van der Waals surface area contributed by atoms with Crippen molar-refractivity contribution >= 4 is 11.6 Å². The zero-order valence-corrected chi connectivity index (χ0v) is 12.3. The molecule has 1 aromatic heterocycles. The first kappa shape index (κ1) is 14.5. The van der Waals surface area contributed by atoms with Crippen molar-refractivity contribution in [3.05, 3.63) is 41.5 Å². The molecule has 1 saturated heterocycles. The van der Waals surface area contributed by atoms with Gasteiger partial charge in [-0.05, 0) is 31.2 Å². The van der Waals surface area contributed by atoms with Gasteiger partial charge in [-0.1, -0.05) is 10.3 Å². The van der Waals surface area contributed by atoms with E-state index >= 15 is 0 Å². The number of benzene rings is 1. The van der Waals surface area contributed by atoms with Gasteiger partial charge in [-0.2, -0.15) is 0 Å². The summed E-state index contributed by atoms with van der Waals surface area (Å²) in [5, 5.41) is 7.42. The Labute approximate surface area is 127 Å². The molecular weight excluding hydrogens is 287 g/mol. The average Bonchev–Trinajstić information content (AvgIpc) is 2.93. The first-order valence-electron chi connectivity index (χ1n) is 7.20. The number of hydrogen-bond donors (Lipinski definition) is 0. The summed E-state index contributed by atoms with van der Waals surface area (Å²) in [6, 6.07) is 6.43. The number of carbonyl (C=O) groups excluding carboxylic acids is 1. The van der Waals surface area contributed by atoms with Gasteiger partial charge in [-0.3, -0.25) is 4.79 Å². The molecule has 3 rings (SSSR count). The van der Waals surface area contributed by atoms with Gasteiger partial charge in [0.1, 0.15) is 17.2 Å². The van der Waals surface area contributed by atoms with Crippen LogP contribution in [0.25, 0.3) is 0 Å². The summed E-state index contributed by atoms with van der Waals surface area (Å²) in [7, 11) is 0. The Morgan fingerprint density at radius 3 is 2.45 bits per heavy atom. The highest BCUT2D eigenvalue weighted by molar-refractivity contribution is 5.78. The molecule has 1 fully saturated rings. The van der Waals surface area contributed by atoms with Crippen LogP contribution in [-0.2, 0) is 11.2 Å². The summed E-state index contributed by atoms with van der Waals surface area (Å²) < 4.78 is 17.6. The van der Waals surface area contributed by atoms with E-state index in [1.165, 1.54) is 12.1 Å². The number of halogens is 1. The van der Waals surface area contributed by atoms with Gasteiger partial charge in [-0.15, -0.1) is 0 Å². The first-order chi connectivity index (χ1) is 10.6. The van der Waals surface area contributed by atoms with Crippen molar-refractivity contribution in [1.82, 2.24) is 15.2 Å². The average molecular weight is 304 g/mol. The van der Waals surface area contributed by atoms with Crippen molar-refractivity contribution < 1.29 is 13.8 Å². The third-order valence-corrected chi connectivity index (χ3v) is 3.89. The standard InChI is InChI=1S/C15H17FN4O2/c1-11-14(18-22-17-11)10-15(21)20-8-6-19(7-9-20)13-4-2-12(16)3-5-13/h2-5H,6-10H2,1H3. The van der Waals surface area contributed by atoms with E-state index in [2.05, 4.69) is 19.8 Å². The molecule has 2 aromatic rings. The van der Waals surface area contributed by atoms with Gasteiger partial charge in [0.05, 0.1) is 6.42 Å². The molecule has 6 nitrogen and oxygen atoms in total. The van der Waals surface area contributed by atoms with E-state index < -0.39 is 0 Å². The van der Waals surface area contributed by atoms with Crippen molar-refractivity contribution in [1.29, 1.82) is 0 Å². The maximum atomic E-state index is 12.9. The smallest absolute Gasteiger partial charge is 0.228 e. The van der Waals surface area contributed by atoms with Gasteiger partial charge in [0.25, 0.3) is 0 Å². The highest BCUT2D eigenvalue weighted by atomic mass is 19.1. The number of hydrogen-bond acceptors (Lipinski definition) is 5. The highest BCUT2D eigenvalue weighted by Gasteiger charge is 2.23. The molecule has 2 heterocycles. The Balaban J connectivity index is 1.56. The van der Waals surface area contributed by atoms with E-state index in [4.69, 9.17) is 0 Å². The fraction of sp³-hybridized carbons (Fsp3) is 0.400. The van der Waals surface area contributed by atoms with Gasteiger partial charge in [0, 0.05) is 31.9 Å². The van der Waals surface area contributed by atoms with Gasteiger partial charge in [0.15, 0.2) is 0 Å². The van der Waals surface area contributed by atoms with Crippen molar-refractivity contribution in [2.45, 2.75) is 13.3 Å². The van der Waals surface area contributed by atoms with Crippen LogP contribution in [0.15, 0.2) is 28.9 Å². The lowest BCUT2D eigenvalue weighted by atomic mass is 10.2. The van der Waals surface area contributed by atoms with Gasteiger partial charge in [-0.25, -0.2) is 9.02 Å². The van der Waals surface area contributed by atoms with Crippen LogP contribution >= 0.6 is 0 Å². The minimum absolute atomic E-state index is 0.0255. The molecule has 22 heavy (non-hydrogen) atoms. The molecule has 0 bridgehead atoms. The Morgan fingerprint density at radius 2 is 1.86 bits per heavy atom. The monoisotopic (exact) mass is 304 g/mol. The second kappa shape index (κ2) is 6.13. The summed E-state index contributed by atoms with van der Waals surface area (Å²) in [6.45, 7) is 4.51. The summed E-state index contributed by atoms with van der Waals surface area (Å²) >= 11 is 0. The van der Waals surface area contributed by atoms with E-state index in [1.807, 2.05) is 4.90 Å².